The first-order valence-corrected chi connectivity index (χ1v) is 7.62. The molecule has 2 heteroatoms. The normalized spacial score (nSPS) is 14.1. The van der Waals surface area contributed by atoms with Crippen LogP contribution in [0.1, 0.15) is 50.4 Å². The van der Waals surface area contributed by atoms with Gasteiger partial charge >= 0.3 is 0 Å². The van der Waals surface area contributed by atoms with Crippen molar-refractivity contribution in [2.75, 3.05) is 0 Å². The molecular weight excluding hydrogens is 261 g/mol. The van der Waals surface area contributed by atoms with Gasteiger partial charge in [0, 0.05) is 12.1 Å². The number of hydrogen-bond acceptors (Lipinski definition) is 1. The van der Waals surface area contributed by atoms with E-state index in [0.29, 0.717) is 12.0 Å². The van der Waals surface area contributed by atoms with Crippen molar-refractivity contribution in [3.05, 3.63) is 71.5 Å². The fourth-order valence-corrected chi connectivity index (χ4v) is 2.61. The smallest absolute Gasteiger partial charge is 0.123 e. The summed E-state index contributed by atoms with van der Waals surface area (Å²) in [6.07, 6.45) is 1.08. The van der Waals surface area contributed by atoms with Gasteiger partial charge in [-0.2, -0.15) is 0 Å². The number of nitrogens with one attached hydrogen (secondary N) is 1. The molecule has 0 heterocycles. The van der Waals surface area contributed by atoms with Crippen LogP contribution in [0.25, 0.3) is 0 Å². The zero-order chi connectivity index (χ0) is 15.2. The zero-order valence-electron chi connectivity index (χ0n) is 13.0. The molecule has 0 aliphatic carbocycles. The van der Waals surface area contributed by atoms with Crippen LogP contribution >= 0.6 is 0 Å². The first-order chi connectivity index (χ1) is 10.1. The first kappa shape index (κ1) is 15.7. The molecule has 2 aromatic carbocycles. The second-order valence-electron chi connectivity index (χ2n) is 6.03. The van der Waals surface area contributed by atoms with E-state index in [4.69, 9.17) is 0 Å². The molecule has 0 aromatic heterocycles. The quantitative estimate of drug-likeness (QED) is 0.763. The maximum atomic E-state index is 13.0. The molecule has 112 valence electrons. The summed E-state index contributed by atoms with van der Waals surface area (Å²) in [6.45, 7) is 6.60. The summed E-state index contributed by atoms with van der Waals surface area (Å²) in [7, 11) is 0. The van der Waals surface area contributed by atoms with E-state index < -0.39 is 0 Å². The van der Waals surface area contributed by atoms with Gasteiger partial charge in [0.2, 0.25) is 0 Å². The van der Waals surface area contributed by atoms with Gasteiger partial charge in [-0.1, -0.05) is 56.3 Å². The Bertz CT molecular complexity index is 533. The van der Waals surface area contributed by atoms with Gasteiger partial charge in [0.05, 0.1) is 0 Å². The number of halogens is 1. The second-order valence-corrected chi connectivity index (χ2v) is 6.03. The zero-order valence-corrected chi connectivity index (χ0v) is 13.0. The Morgan fingerprint density at radius 2 is 1.48 bits per heavy atom. The van der Waals surface area contributed by atoms with E-state index in [9.17, 15) is 4.39 Å². The van der Waals surface area contributed by atoms with E-state index in [-0.39, 0.29) is 11.9 Å². The highest BCUT2D eigenvalue weighted by molar-refractivity contribution is 5.22. The third kappa shape index (κ3) is 4.68. The van der Waals surface area contributed by atoms with Crippen LogP contribution in [0.3, 0.4) is 0 Å². The van der Waals surface area contributed by atoms with E-state index in [1.54, 1.807) is 0 Å². The molecule has 0 bridgehead atoms. The highest BCUT2D eigenvalue weighted by atomic mass is 19.1. The van der Waals surface area contributed by atoms with Crippen LogP contribution < -0.4 is 5.32 Å². The van der Waals surface area contributed by atoms with Crippen molar-refractivity contribution < 1.29 is 4.39 Å². The molecule has 0 radical (unpaired) electrons. The minimum atomic E-state index is -0.187. The maximum absolute atomic E-state index is 13.0. The molecule has 0 fully saturated rings. The second kappa shape index (κ2) is 7.37. The Balaban J connectivity index is 2.13. The van der Waals surface area contributed by atoms with Crippen molar-refractivity contribution >= 4 is 0 Å². The van der Waals surface area contributed by atoms with Crippen molar-refractivity contribution in [2.45, 2.75) is 39.3 Å². The van der Waals surface area contributed by atoms with Gasteiger partial charge in [0.15, 0.2) is 0 Å². The van der Waals surface area contributed by atoms with Gasteiger partial charge in [-0.15, -0.1) is 0 Å². The summed E-state index contributed by atoms with van der Waals surface area (Å²) < 4.78 is 13.0. The Kier molecular flexibility index (Phi) is 5.51. The minimum absolute atomic E-state index is 0.187. The molecule has 1 N–H and O–H groups in total. The third-order valence-electron chi connectivity index (χ3n) is 3.73. The Labute approximate surface area is 127 Å². The van der Waals surface area contributed by atoms with E-state index in [1.807, 2.05) is 18.2 Å². The van der Waals surface area contributed by atoms with Crippen LogP contribution in [0.15, 0.2) is 54.6 Å². The van der Waals surface area contributed by atoms with Gasteiger partial charge in [0.25, 0.3) is 0 Å². The topological polar surface area (TPSA) is 12.0 Å². The molecule has 2 unspecified atom stereocenters. The molecule has 21 heavy (non-hydrogen) atoms. The molecule has 0 aliphatic rings. The predicted octanol–water partition coefficient (Wildman–Crippen LogP) is 5.26. The van der Waals surface area contributed by atoms with Crippen LogP contribution in [0, 0.1) is 11.7 Å². The molecule has 0 saturated heterocycles. The fraction of sp³-hybridized carbons (Fsp3) is 0.368. The largest absolute Gasteiger partial charge is 0.303 e. The number of rotatable bonds is 6. The Hall–Kier alpha value is -1.67. The van der Waals surface area contributed by atoms with Crippen LogP contribution in [-0.2, 0) is 0 Å². The molecular formula is C19H24FN. The molecule has 0 amide bonds. The van der Waals surface area contributed by atoms with Crippen molar-refractivity contribution in [2.24, 2.45) is 5.92 Å². The summed E-state index contributed by atoms with van der Waals surface area (Å²) >= 11 is 0. The van der Waals surface area contributed by atoms with Gasteiger partial charge in [-0.05, 0) is 42.5 Å². The first-order valence-electron chi connectivity index (χ1n) is 7.62. The lowest BCUT2D eigenvalue weighted by molar-refractivity contribution is 0.394. The van der Waals surface area contributed by atoms with Crippen molar-refractivity contribution in [3.8, 4) is 0 Å². The molecule has 2 rings (SSSR count). The van der Waals surface area contributed by atoms with Gasteiger partial charge in [0.1, 0.15) is 5.82 Å². The molecule has 0 saturated carbocycles. The lowest BCUT2D eigenvalue weighted by atomic mass is 9.95. The fourth-order valence-electron chi connectivity index (χ4n) is 2.61. The molecule has 2 atom stereocenters. The maximum Gasteiger partial charge on any atom is 0.123 e. The average Bonchev–Trinajstić information content (AvgIpc) is 2.47. The Morgan fingerprint density at radius 1 is 0.857 bits per heavy atom. The lowest BCUT2D eigenvalue weighted by Gasteiger charge is -2.25. The standard InChI is InChI=1S/C19H24FN/c1-14(2)13-19(17-7-5-4-6-8-17)21-15(3)16-9-11-18(20)12-10-16/h4-12,14-15,19,21H,13H2,1-3H3. The monoisotopic (exact) mass is 285 g/mol. The van der Waals surface area contributed by atoms with E-state index in [2.05, 4.69) is 50.4 Å². The van der Waals surface area contributed by atoms with Gasteiger partial charge in [-0.3, -0.25) is 0 Å². The summed E-state index contributed by atoms with van der Waals surface area (Å²) in [5.41, 5.74) is 2.42. The molecule has 0 spiro atoms. The predicted molar refractivity (Wildman–Crippen MR) is 86.6 cm³/mol. The highest BCUT2D eigenvalue weighted by Crippen LogP contribution is 2.25. The minimum Gasteiger partial charge on any atom is -0.303 e. The van der Waals surface area contributed by atoms with Crippen LogP contribution in [0.5, 0.6) is 0 Å². The molecule has 2 aromatic rings. The summed E-state index contributed by atoms with van der Waals surface area (Å²) in [5.74, 6) is 0.427. The van der Waals surface area contributed by atoms with E-state index in [1.165, 1.54) is 17.7 Å². The Morgan fingerprint density at radius 3 is 2.05 bits per heavy atom. The van der Waals surface area contributed by atoms with Gasteiger partial charge < -0.3 is 5.32 Å². The van der Waals surface area contributed by atoms with E-state index in [0.717, 1.165) is 12.0 Å². The van der Waals surface area contributed by atoms with Gasteiger partial charge in [-0.25, -0.2) is 4.39 Å². The third-order valence-corrected chi connectivity index (χ3v) is 3.73. The number of hydrogen-bond donors (Lipinski definition) is 1. The molecule has 1 nitrogen and oxygen atoms in total. The van der Waals surface area contributed by atoms with Crippen molar-refractivity contribution in [1.82, 2.24) is 5.32 Å². The van der Waals surface area contributed by atoms with Crippen LogP contribution in [0.4, 0.5) is 4.39 Å². The average molecular weight is 285 g/mol. The van der Waals surface area contributed by atoms with Crippen LogP contribution in [-0.4, -0.2) is 0 Å². The van der Waals surface area contributed by atoms with Crippen molar-refractivity contribution in [1.29, 1.82) is 0 Å². The SMILES string of the molecule is CC(C)CC(NC(C)c1ccc(F)cc1)c1ccccc1. The van der Waals surface area contributed by atoms with Crippen LogP contribution in [0.2, 0.25) is 0 Å². The summed E-state index contributed by atoms with van der Waals surface area (Å²) in [5, 5.41) is 3.68. The molecule has 0 aliphatic heterocycles. The van der Waals surface area contributed by atoms with E-state index >= 15 is 0 Å². The lowest BCUT2D eigenvalue weighted by Crippen LogP contribution is -2.26. The summed E-state index contributed by atoms with van der Waals surface area (Å²) in [6, 6.07) is 17.8. The summed E-state index contributed by atoms with van der Waals surface area (Å²) in [4.78, 5) is 0. The number of benzene rings is 2. The highest BCUT2D eigenvalue weighted by Gasteiger charge is 2.16. The van der Waals surface area contributed by atoms with Crippen molar-refractivity contribution in [3.63, 3.8) is 0 Å².